The van der Waals surface area contributed by atoms with Gasteiger partial charge in [0.05, 0.1) is 10.8 Å². The molecule has 6 heteroatoms. The maximum Gasteiger partial charge on any atom is 0.150 e. The minimum absolute atomic E-state index is 0.0898. The fourth-order valence-corrected chi connectivity index (χ4v) is 4.22. The topological polar surface area (TPSA) is 59.1 Å². The zero-order valence-corrected chi connectivity index (χ0v) is 13.2. The first kappa shape index (κ1) is 15.2. The molecule has 0 amide bonds. The molecule has 118 valence electrons. The number of pyridine rings is 1. The highest BCUT2D eigenvalue weighted by molar-refractivity contribution is 7.91. The highest BCUT2D eigenvalue weighted by Gasteiger charge is 2.28. The molecular formula is C16H19FN2O2S. The van der Waals surface area contributed by atoms with E-state index in [2.05, 4.69) is 10.3 Å². The van der Waals surface area contributed by atoms with E-state index in [1.165, 1.54) is 18.4 Å². The van der Waals surface area contributed by atoms with Crippen LogP contribution in [0.2, 0.25) is 0 Å². The van der Waals surface area contributed by atoms with Crippen molar-refractivity contribution in [3.63, 3.8) is 0 Å². The van der Waals surface area contributed by atoms with Gasteiger partial charge in [-0.15, -0.1) is 0 Å². The van der Waals surface area contributed by atoms with Gasteiger partial charge in [-0.05, 0) is 43.5 Å². The monoisotopic (exact) mass is 322 g/mol. The minimum Gasteiger partial charge on any atom is -0.367 e. The molecule has 0 saturated heterocycles. The third-order valence-corrected chi connectivity index (χ3v) is 5.88. The Morgan fingerprint density at radius 2 is 2.00 bits per heavy atom. The maximum atomic E-state index is 13.3. The van der Waals surface area contributed by atoms with E-state index in [1.807, 2.05) is 12.1 Å². The smallest absolute Gasteiger partial charge is 0.150 e. The molecule has 1 aromatic carbocycles. The summed E-state index contributed by atoms with van der Waals surface area (Å²) >= 11 is 0. The van der Waals surface area contributed by atoms with Crippen LogP contribution in [0.3, 0.4) is 0 Å². The standard InChI is InChI=1S/C16H19FN2O2S/c1-22(20,21)14-4-2-3-13(10-14)18-16-8-6-11-5-7-12(17)9-15(11)19-16/h5-9,13-14H,2-4,10H2,1H3,(H,18,19)/t13-,14+/m1/s1. The summed E-state index contributed by atoms with van der Waals surface area (Å²) in [4.78, 5) is 4.42. The van der Waals surface area contributed by atoms with Gasteiger partial charge in [0.1, 0.15) is 21.5 Å². The molecular weight excluding hydrogens is 303 g/mol. The Bertz CT molecular complexity index is 792. The summed E-state index contributed by atoms with van der Waals surface area (Å²) in [6.45, 7) is 0. The van der Waals surface area contributed by atoms with Crippen LogP contribution in [-0.4, -0.2) is 30.9 Å². The molecule has 0 radical (unpaired) electrons. The van der Waals surface area contributed by atoms with Gasteiger partial charge in [0, 0.05) is 23.8 Å². The lowest BCUT2D eigenvalue weighted by Gasteiger charge is -2.29. The first-order chi connectivity index (χ1) is 10.4. The van der Waals surface area contributed by atoms with Gasteiger partial charge in [-0.3, -0.25) is 0 Å². The third kappa shape index (κ3) is 3.38. The molecule has 1 heterocycles. The average molecular weight is 322 g/mol. The SMILES string of the molecule is CS(=O)(=O)[C@H]1CCC[C@@H](Nc2ccc3ccc(F)cc3n2)C1. The molecule has 2 atom stereocenters. The van der Waals surface area contributed by atoms with Crippen molar-refractivity contribution in [1.29, 1.82) is 0 Å². The molecule has 4 nitrogen and oxygen atoms in total. The predicted octanol–water partition coefficient (Wildman–Crippen LogP) is 3.14. The van der Waals surface area contributed by atoms with Crippen LogP contribution in [0.1, 0.15) is 25.7 Å². The largest absolute Gasteiger partial charge is 0.367 e. The number of anilines is 1. The van der Waals surface area contributed by atoms with Crippen molar-refractivity contribution in [1.82, 2.24) is 4.98 Å². The Kier molecular flexibility index (Phi) is 4.04. The number of hydrogen-bond acceptors (Lipinski definition) is 4. The Hall–Kier alpha value is -1.69. The summed E-state index contributed by atoms with van der Waals surface area (Å²) in [5.41, 5.74) is 0.598. The van der Waals surface area contributed by atoms with Crippen molar-refractivity contribution >= 4 is 26.6 Å². The van der Waals surface area contributed by atoms with Crippen molar-refractivity contribution in [3.8, 4) is 0 Å². The number of aromatic nitrogens is 1. The number of fused-ring (bicyclic) bond motifs is 1. The third-order valence-electron chi connectivity index (χ3n) is 4.24. The van der Waals surface area contributed by atoms with Crippen molar-refractivity contribution in [2.75, 3.05) is 11.6 Å². The second-order valence-corrected chi connectivity index (χ2v) is 8.32. The van der Waals surface area contributed by atoms with E-state index < -0.39 is 9.84 Å². The molecule has 1 fully saturated rings. The lowest BCUT2D eigenvalue weighted by atomic mass is 9.95. The van der Waals surface area contributed by atoms with Gasteiger partial charge < -0.3 is 5.32 Å². The summed E-state index contributed by atoms with van der Waals surface area (Å²) in [7, 11) is -3.00. The molecule has 0 aliphatic heterocycles. The number of nitrogens with zero attached hydrogens (tertiary/aromatic N) is 1. The maximum absolute atomic E-state index is 13.3. The molecule has 3 rings (SSSR count). The highest BCUT2D eigenvalue weighted by Crippen LogP contribution is 2.26. The second-order valence-electron chi connectivity index (χ2n) is 5.99. The number of nitrogens with one attached hydrogen (secondary N) is 1. The fraction of sp³-hybridized carbons (Fsp3) is 0.438. The van der Waals surface area contributed by atoms with Crippen LogP contribution < -0.4 is 5.32 Å². The van der Waals surface area contributed by atoms with Crippen molar-refractivity contribution in [2.45, 2.75) is 37.0 Å². The van der Waals surface area contributed by atoms with E-state index in [1.54, 1.807) is 6.07 Å². The Morgan fingerprint density at radius 1 is 1.23 bits per heavy atom. The first-order valence-corrected chi connectivity index (χ1v) is 9.39. The molecule has 1 aromatic heterocycles. The average Bonchev–Trinajstić information content (AvgIpc) is 2.46. The quantitative estimate of drug-likeness (QED) is 0.943. The number of benzene rings is 1. The van der Waals surface area contributed by atoms with Gasteiger partial charge in [0.25, 0.3) is 0 Å². The van der Waals surface area contributed by atoms with Crippen LogP contribution in [0, 0.1) is 5.82 Å². The normalized spacial score (nSPS) is 22.6. The predicted molar refractivity (Wildman–Crippen MR) is 86.2 cm³/mol. The van der Waals surface area contributed by atoms with E-state index in [-0.39, 0.29) is 17.1 Å². The highest BCUT2D eigenvalue weighted by atomic mass is 32.2. The van der Waals surface area contributed by atoms with Crippen LogP contribution >= 0.6 is 0 Å². The second kappa shape index (κ2) is 5.83. The number of rotatable bonds is 3. The molecule has 1 saturated carbocycles. The summed E-state index contributed by atoms with van der Waals surface area (Å²) in [6.07, 6.45) is 4.44. The van der Waals surface area contributed by atoms with E-state index in [0.29, 0.717) is 17.8 Å². The van der Waals surface area contributed by atoms with E-state index in [4.69, 9.17) is 0 Å². The van der Waals surface area contributed by atoms with Crippen LogP contribution in [0.4, 0.5) is 10.2 Å². The summed E-state index contributed by atoms with van der Waals surface area (Å²) < 4.78 is 36.7. The summed E-state index contributed by atoms with van der Waals surface area (Å²) in [6, 6.07) is 8.34. The molecule has 1 N–H and O–H groups in total. The van der Waals surface area contributed by atoms with Gasteiger partial charge in [-0.2, -0.15) is 0 Å². The Labute approximate surface area is 129 Å². The zero-order valence-electron chi connectivity index (χ0n) is 12.4. The van der Waals surface area contributed by atoms with Gasteiger partial charge in [0.2, 0.25) is 0 Å². The van der Waals surface area contributed by atoms with Gasteiger partial charge in [-0.25, -0.2) is 17.8 Å². The van der Waals surface area contributed by atoms with Crippen molar-refractivity contribution in [3.05, 3.63) is 36.1 Å². The number of halogens is 1. The van der Waals surface area contributed by atoms with E-state index in [9.17, 15) is 12.8 Å². The number of sulfone groups is 1. The molecule has 2 aromatic rings. The molecule has 1 aliphatic carbocycles. The van der Waals surface area contributed by atoms with Crippen LogP contribution in [0.25, 0.3) is 10.9 Å². The molecule has 0 spiro atoms. The number of hydrogen-bond donors (Lipinski definition) is 1. The Morgan fingerprint density at radius 3 is 2.77 bits per heavy atom. The van der Waals surface area contributed by atoms with Crippen LogP contribution in [0.15, 0.2) is 30.3 Å². The Balaban J connectivity index is 1.78. The van der Waals surface area contributed by atoms with Crippen LogP contribution in [-0.2, 0) is 9.84 Å². The lowest BCUT2D eigenvalue weighted by molar-refractivity contribution is 0.452. The molecule has 0 bridgehead atoms. The lowest BCUT2D eigenvalue weighted by Crippen LogP contribution is -2.34. The zero-order chi connectivity index (χ0) is 15.7. The first-order valence-electron chi connectivity index (χ1n) is 7.43. The van der Waals surface area contributed by atoms with Crippen LogP contribution in [0.5, 0.6) is 0 Å². The molecule has 0 unspecified atom stereocenters. The van der Waals surface area contributed by atoms with Crippen molar-refractivity contribution < 1.29 is 12.8 Å². The van der Waals surface area contributed by atoms with E-state index >= 15 is 0 Å². The van der Waals surface area contributed by atoms with Gasteiger partial charge in [-0.1, -0.05) is 6.42 Å². The minimum atomic E-state index is -3.00. The van der Waals surface area contributed by atoms with Crippen molar-refractivity contribution in [2.24, 2.45) is 0 Å². The van der Waals surface area contributed by atoms with Gasteiger partial charge in [0.15, 0.2) is 0 Å². The molecule has 1 aliphatic rings. The van der Waals surface area contributed by atoms with E-state index in [0.717, 1.165) is 24.6 Å². The summed E-state index contributed by atoms with van der Waals surface area (Å²) in [5.74, 6) is 0.351. The van der Waals surface area contributed by atoms with Gasteiger partial charge >= 0.3 is 0 Å². The molecule has 22 heavy (non-hydrogen) atoms. The fourth-order valence-electron chi connectivity index (χ4n) is 3.04. The summed E-state index contributed by atoms with van der Waals surface area (Å²) in [5, 5.41) is 3.89.